The van der Waals surface area contributed by atoms with Crippen LogP contribution in [-0.2, 0) is 10.0 Å². The van der Waals surface area contributed by atoms with Crippen LogP contribution in [0.15, 0.2) is 47.4 Å². The van der Waals surface area contributed by atoms with Gasteiger partial charge in [0.1, 0.15) is 5.82 Å². The van der Waals surface area contributed by atoms with Crippen LogP contribution < -0.4 is 10.0 Å². The van der Waals surface area contributed by atoms with E-state index in [0.717, 1.165) is 6.07 Å². The van der Waals surface area contributed by atoms with E-state index in [9.17, 15) is 17.6 Å². The van der Waals surface area contributed by atoms with E-state index in [1.54, 1.807) is 20.8 Å². The second kappa shape index (κ2) is 7.11. The SMILES string of the molecule is CC(C)(C)NS(=O)(=O)c1ccc(C(=O)Nc2ccc(F)c(Cl)c2)cc1. The van der Waals surface area contributed by atoms with Crippen LogP contribution in [0.5, 0.6) is 0 Å². The summed E-state index contributed by atoms with van der Waals surface area (Å²) in [5, 5.41) is 2.46. The summed E-state index contributed by atoms with van der Waals surface area (Å²) in [5.41, 5.74) is -0.0193. The van der Waals surface area contributed by atoms with Gasteiger partial charge in [-0.05, 0) is 63.2 Å². The Balaban J connectivity index is 2.16. The molecule has 0 saturated heterocycles. The van der Waals surface area contributed by atoms with Crippen LogP contribution in [0.25, 0.3) is 0 Å². The maximum atomic E-state index is 13.1. The molecule has 134 valence electrons. The summed E-state index contributed by atoms with van der Waals surface area (Å²) < 4.78 is 40.1. The van der Waals surface area contributed by atoms with E-state index in [1.807, 2.05) is 0 Å². The number of benzene rings is 2. The molecule has 2 N–H and O–H groups in total. The highest BCUT2D eigenvalue weighted by Crippen LogP contribution is 2.20. The Morgan fingerprint density at radius 1 is 1.08 bits per heavy atom. The second-order valence-electron chi connectivity index (χ2n) is 6.46. The van der Waals surface area contributed by atoms with Gasteiger partial charge in [-0.1, -0.05) is 11.6 Å². The minimum Gasteiger partial charge on any atom is -0.322 e. The van der Waals surface area contributed by atoms with Crippen molar-refractivity contribution < 1.29 is 17.6 Å². The number of halogens is 2. The van der Waals surface area contributed by atoms with Gasteiger partial charge in [0, 0.05) is 16.8 Å². The first-order chi connectivity index (χ1) is 11.5. The Hall–Kier alpha value is -1.96. The molecule has 0 heterocycles. The third-order valence-electron chi connectivity index (χ3n) is 3.04. The van der Waals surface area contributed by atoms with Crippen molar-refractivity contribution in [3.05, 3.63) is 58.9 Å². The third kappa shape index (κ3) is 5.26. The topological polar surface area (TPSA) is 75.3 Å². The number of anilines is 1. The highest BCUT2D eigenvalue weighted by Gasteiger charge is 2.22. The second-order valence-corrected chi connectivity index (χ2v) is 8.55. The molecule has 2 rings (SSSR count). The van der Waals surface area contributed by atoms with Gasteiger partial charge in [0.2, 0.25) is 10.0 Å². The van der Waals surface area contributed by atoms with Gasteiger partial charge in [0.25, 0.3) is 5.91 Å². The molecule has 0 aliphatic rings. The zero-order valence-electron chi connectivity index (χ0n) is 13.9. The van der Waals surface area contributed by atoms with Crippen molar-refractivity contribution in [2.24, 2.45) is 0 Å². The number of carbonyl (C=O) groups excluding carboxylic acids is 1. The van der Waals surface area contributed by atoms with Crippen LogP contribution in [0, 0.1) is 5.82 Å². The molecule has 5 nitrogen and oxygen atoms in total. The monoisotopic (exact) mass is 384 g/mol. The molecule has 0 unspecified atom stereocenters. The van der Waals surface area contributed by atoms with E-state index in [4.69, 9.17) is 11.6 Å². The van der Waals surface area contributed by atoms with E-state index in [-0.39, 0.29) is 15.5 Å². The molecule has 0 aliphatic carbocycles. The lowest BCUT2D eigenvalue weighted by Gasteiger charge is -2.20. The first-order valence-electron chi connectivity index (χ1n) is 7.38. The van der Waals surface area contributed by atoms with E-state index in [0.29, 0.717) is 5.69 Å². The Kier molecular flexibility index (Phi) is 5.51. The Morgan fingerprint density at radius 2 is 1.68 bits per heavy atom. The third-order valence-corrected chi connectivity index (χ3v) is 5.11. The molecule has 2 aromatic rings. The number of carbonyl (C=O) groups is 1. The fourth-order valence-electron chi connectivity index (χ4n) is 2.02. The predicted octanol–water partition coefficient (Wildman–Crippen LogP) is 3.81. The summed E-state index contributed by atoms with van der Waals surface area (Å²) in [7, 11) is -3.67. The normalized spacial score (nSPS) is 12.0. The Bertz CT molecular complexity index is 891. The van der Waals surface area contributed by atoms with Crippen LogP contribution in [0.4, 0.5) is 10.1 Å². The van der Waals surface area contributed by atoms with Crippen molar-refractivity contribution >= 4 is 33.2 Å². The summed E-state index contributed by atoms with van der Waals surface area (Å²) in [6, 6.07) is 9.31. The number of hydrogen-bond acceptors (Lipinski definition) is 3. The summed E-state index contributed by atoms with van der Waals surface area (Å²) in [6.45, 7) is 5.21. The molecule has 0 atom stereocenters. The van der Waals surface area contributed by atoms with Gasteiger partial charge in [-0.3, -0.25) is 4.79 Å². The molecule has 1 amide bonds. The van der Waals surface area contributed by atoms with E-state index >= 15 is 0 Å². The molecule has 0 aliphatic heterocycles. The molecule has 8 heteroatoms. The maximum Gasteiger partial charge on any atom is 0.255 e. The molecular weight excluding hydrogens is 367 g/mol. The first-order valence-corrected chi connectivity index (χ1v) is 9.24. The van der Waals surface area contributed by atoms with Crippen molar-refractivity contribution in [1.82, 2.24) is 4.72 Å². The van der Waals surface area contributed by atoms with E-state index in [1.165, 1.54) is 36.4 Å². The average Bonchev–Trinajstić information content (AvgIpc) is 2.49. The predicted molar refractivity (Wildman–Crippen MR) is 95.9 cm³/mol. The number of rotatable bonds is 4. The number of nitrogens with one attached hydrogen (secondary N) is 2. The summed E-state index contributed by atoms with van der Waals surface area (Å²) in [4.78, 5) is 12.2. The van der Waals surface area contributed by atoms with Gasteiger partial charge in [0.15, 0.2) is 0 Å². The minimum atomic E-state index is -3.67. The van der Waals surface area contributed by atoms with Gasteiger partial charge >= 0.3 is 0 Å². The van der Waals surface area contributed by atoms with Gasteiger partial charge in [-0.25, -0.2) is 17.5 Å². The molecular formula is C17H18ClFN2O3S. The van der Waals surface area contributed by atoms with Gasteiger partial charge in [0.05, 0.1) is 9.92 Å². The van der Waals surface area contributed by atoms with Crippen LogP contribution >= 0.6 is 11.6 Å². The smallest absolute Gasteiger partial charge is 0.255 e. The summed E-state index contributed by atoms with van der Waals surface area (Å²) >= 11 is 5.67. The highest BCUT2D eigenvalue weighted by molar-refractivity contribution is 7.89. The van der Waals surface area contributed by atoms with Crippen LogP contribution in [0.2, 0.25) is 5.02 Å². The van der Waals surface area contributed by atoms with Crippen molar-refractivity contribution in [3.63, 3.8) is 0 Å². The zero-order chi connectivity index (χ0) is 18.8. The van der Waals surface area contributed by atoms with Crippen molar-refractivity contribution in [2.45, 2.75) is 31.2 Å². The lowest BCUT2D eigenvalue weighted by molar-refractivity contribution is 0.102. The summed E-state index contributed by atoms with van der Waals surface area (Å²) in [5.74, 6) is -1.05. The quantitative estimate of drug-likeness (QED) is 0.841. The Morgan fingerprint density at radius 3 is 2.20 bits per heavy atom. The summed E-state index contributed by atoms with van der Waals surface area (Å²) in [6.07, 6.45) is 0. The number of hydrogen-bond donors (Lipinski definition) is 2. The molecule has 0 fully saturated rings. The molecule has 0 radical (unpaired) electrons. The van der Waals surface area contributed by atoms with Gasteiger partial charge in [-0.15, -0.1) is 0 Å². The molecule has 0 saturated carbocycles. The molecule has 0 spiro atoms. The lowest BCUT2D eigenvalue weighted by atomic mass is 10.1. The minimum absolute atomic E-state index is 0.0591. The maximum absolute atomic E-state index is 13.1. The largest absolute Gasteiger partial charge is 0.322 e. The average molecular weight is 385 g/mol. The van der Waals surface area contributed by atoms with E-state index < -0.39 is 27.3 Å². The zero-order valence-corrected chi connectivity index (χ0v) is 15.5. The van der Waals surface area contributed by atoms with Crippen molar-refractivity contribution in [1.29, 1.82) is 0 Å². The standard InChI is InChI=1S/C17H18ClFN2O3S/c1-17(2,3)21-25(23,24)13-7-4-11(5-8-13)16(22)20-12-6-9-15(19)14(18)10-12/h4-10,21H,1-3H3,(H,20,22). The van der Waals surface area contributed by atoms with Crippen LogP contribution in [0.3, 0.4) is 0 Å². The molecule has 25 heavy (non-hydrogen) atoms. The lowest BCUT2D eigenvalue weighted by Crippen LogP contribution is -2.40. The van der Waals surface area contributed by atoms with E-state index in [2.05, 4.69) is 10.0 Å². The van der Waals surface area contributed by atoms with Gasteiger partial charge in [-0.2, -0.15) is 0 Å². The van der Waals surface area contributed by atoms with Crippen molar-refractivity contribution in [2.75, 3.05) is 5.32 Å². The fourth-order valence-corrected chi connectivity index (χ4v) is 3.62. The van der Waals surface area contributed by atoms with Crippen LogP contribution in [-0.4, -0.2) is 19.9 Å². The number of sulfonamides is 1. The molecule has 0 bridgehead atoms. The van der Waals surface area contributed by atoms with Gasteiger partial charge < -0.3 is 5.32 Å². The molecule has 2 aromatic carbocycles. The van der Waals surface area contributed by atoms with Crippen molar-refractivity contribution in [3.8, 4) is 0 Å². The fraction of sp³-hybridized carbons (Fsp3) is 0.235. The number of amides is 1. The molecule has 0 aromatic heterocycles. The highest BCUT2D eigenvalue weighted by atomic mass is 35.5. The van der Waals surface area contributed by atoms with Crippen LogP contribution in [0.1, 0.15) is 31.1 Å². The first kappa shape index (κ1) is 19.4. The Labute approximate surface area is 151 Å².